The van der Waals surface area contributed by atoms with E-state index in [9.17, 15) is 8.42 Å². The smallest absolute Gasteiger partial charge is 0.261 e. The summed E-state index contributed by atoms with van der Waals surface area (Å²) in [6.07, 6.45) is 6.33. The molecule has 2 aromatic rings. The monoisotopic (exact) mass is 384 g/mol. The van der Waals surface area contributed by atoms with E-state index in [1.54, 1.807) is 36.4 Å². The highest BCUT2D eigenvalue weighted by Gasteiger charge is 2.37. The van der Waals surface area contributed by atoms with Gasteiger partial charge in [-0.2, -0.15) is 0 Å². The molecule has 2 aliphatic heterocycles. The zero-order valence-corrected chi connectivity index (χ0v) is 16.1. The van der Waals surface area contributed by atoms with Gasteiger partial charge in [0.05, 0.1) is 4.90 Å². The normalized spacial score (nSPS) is 21.1. The maximum Gasteiger partial charge on any atom is 0.261 e. The first kappa shape index (κ1) is 18.1. The molecule has 1 atom stereocenters. The molecule has 0 saturated carbocycles. The lowest BCUT2D eigenvalue weighted by atomic mass is 9.75. The van der Waals surface area contributed by atoms with Crippen LogP contribution in [0.3, 0.4) is 0 Å². The van der Waals surface area contributed by atoms with Gasteiger partial charge in [0.2, 0.25) is 0 Å². The summed E-state index contributed by atoms with van der Waals surface area (Å²) >= 11 is 0. The minimum atomic E-state index is -3.60. The number of nitrogens with one attached hydrogen (secondary N) is 2. The molecule has 27 heavy (non-hydrogen) atoms. The van der Waals surface area contributed by atoms with Crippen molar-refractivity contribution in [1.82, 2.24) is 5.32 Å². The molecule has 0 aromatic heterocycles. The van der Waals surface area contributed by atoms with Crippen molar-refractivity contribution in [1.29, 1.82) is 0 Å². The molecule has 0 bridgehead atoms. The van der Waals surface area contributed by atoms with Gasteiger partial charge in [-0.1, -0.05) is 31.2 Å². The first-order chi connectivity index (χ1) is 13.0. The summed E-state index contributed by atoms with van der Waals surface area (Å²) in [6.45, 7) is 4.30. The molecule has 6 heteroatoms. The van der Waals surface area contributed by atoms with Crippen LogP contribution in [0.5, 0.6) is 5.75 Å². The number of anilines is 1. The second-order valence-corrected chi connectivity index (χ2v) is 9.16. The third-order valence-electron chi connectivity index (χ3n) is 5.45. The largest absolute Gasteiger partial charge is 0.485 e. The van der Waals surface area contributed by atoms with Crippen molar-refractivity contribution in [3.05, 3.63) is 60.2 Å². The Hall–Kier alpha value is -2.31. The third-order valence-corrected chi connectivity index (χ3v) is 6.85. The number of hydrogen-bond acceptors (Lipinski definition) is 4. The molecule has 1 unspecified atom stereocenters. The Morgan fingerprint density at radius 3 is 2.59 bits per heavy atom. The maximum atomic E-state index is 12.5. The average molecular weight is 385 g/mol. The molecular weight excluding hydrogens is 360 g/mol. The predicted octanol–water partition coefficient (Wildman–Crippen LogP) is 3.65. The lowest BCUT2D eigenvalue weighted by Crippen LogP contribution is -2.44. The quantitative estimate of drug-likeness (QED) is 0.844. The fourth-order valence-electron chi connectivity index (χ4n) is 3.69. The van der Waals surface area contributed by atoms with Gasteiger partial charge in [-0.25, -0.2) is 8.42 Å². The lowest BCUT2D eigenvalue weighted by molar-refractivity contribution is 0.0665. The number of benzene rings is 2. The Kier molecular flexibility index (Phi) is 4.70. The van der Waals surface area contributed by atoms with Gasteiger partial charge in [0.25, 0.3) is 10.0 Å². The first-order valence-corrected chi connectivity index (χ1v) is 10.7. The topological polar surface area (TPSA) is 67.4 Å². The summed E-state index contributed by atoms with van der Waals surface area (Å²) in [5.41, 5.74) is 1.53. The molecule has 0 aliphatic carbocycles. The molecule has 1 saturated heterocycles. The van der Waals surface area contributed by atoms with Crippen LogP contribution in [0.15, 0.2) is 59.5 Å². The van der Waals surface area contributed by atoms with Crippen LogP contribution >= 0.6 is 0 Å². The zero-order valence-electron chi connectivity index (χ0n) is 15.3. The van der Waals surface area contributed by atoms with E-state index in [1.165, 1.54) is 0 Å². The summed E-state index contributed by atoms with van der Waals surface area (Å²) in [5, 5.41) is 3.40. The van der Waals surface area contributed by atoms with E-state index in [0.29, 0.717) is 5.69 Å². The molecule has 2 N–H and O–H groups in total. The van der Waals surface area contributed by atoms with Gasteiger partial charge in [0.15, 0.2) is 0 Å². The van der Waals surface area contributed by atoms with E-state index in [-0.39, 0.29) is 16.4 Å². The number of rotatable bonds is 4. The van der Waals surface area contributed by atoms with Crippen LogP contribution in [-0.4, -0.2) is 27.6 Å². The van der Waals surface area contributed by atoms with E-state index in [0.717, 1.165) is 37.2 Å². The Morgan fingerprint density at radius 1 is 1.11 bits per heavy atom. The fourth-order valence-corrected chi connectivity index (χ4v) is 4.76. The Morgan fingerprint density at radius 2 is 1.85 bits per heavy atom. The molecule has 0 amide bonds. The van der Waals surface area contributed by atoms with Crippen LogP contribution in [0.2, 0.25) is 0 Å². The van der Waals surface area contributed by atoms with Crippen molar-refractivity contribution < 1.29 is 13.2 Å². The van der Waals surface area contributed by atoms with Crippen molar-refractivity contribution in [2.24, 2.45) is 5.41 Å². The van der Waals surface area contributed by atoms with Crippen LogP contribution in [0.4, 0.5) is 5.69 Å². The Balaban J connectivity index is 1.53. The van der Waals surface area contributed by atoms with Crippen LogP contribution < -0.4 is 14.8 Å². The molecule has 2 aromatic carbocycles. The third kappa shape index (κ3) is 3.73. The van der Waals surface area contributed by atoms with Gasteiger partial charge in [-0.05, 0) is 62.3 Å². The molecule has 0 radical (unpaired) electrons. The average Bonchev–Trinajstić information content (AvgIpc) is 2.68. The summed E-state index contributed by atoms with van der Waals surface area (Å²) in [5.74, 6) is 0.796. The molecule has 0 spiro atoms. The van der Waals surface area contributed by atoms with Crippen molar-refractivity contribution in [2.75, 3.05) is 17.8 Å². The number of piperidine rings is 1. The highest BCUT2D eigenvalue weighted by atomic mass is 32.2. The summed E-state index contributed by atoms with van der Waals surface area (Å²) in [6, 6.07) is 13.8. The predicted molar refractivity (Wildman–Crippen MR) is 107 cm³/mol. The SMILES string of the molecule is CC1(C2C=Cc3cc(NS(=O)(=O)c4ccccc4)ccc3O2)CCNCC1. The first-order valence-electron chi connectivity index (χ1n) is 9.24. The lowest BCUT2D eigenvalue weighted by Gasteiger charge is -2.40. The van der Waals surface area contributed by atoms with Crippen LogP contribution in [0, 0.1) is 5.41 Å². The van der Waals surface area contributed by atoms with Gasteiger partial charge in [-0.3, -0.25) is 4.72 Å². The number of ether oxygens (including phenoxy) is 1. The van der Waals surface area contributed by atoms with Crippen molar-refractivity contribution in [3.8, 4) is 5.75 Å². The van der Waals surface area contributed by atoms with Gasteiger partial charge >= 0.3 is 0 Å². The second kappa shape index (κ2) is 7.02. The van der Waals surface area contributed by atoms with Crippen molar-refractivity contribution in [3.63, 3.8) is 0 Å². The van der Waals surface area contributed by atoms with Crippen LogP contribution in [-0.2, 0) is 10.0 Å². The van der Waals surface area contributed by atoms with Crippen LogP contribution in [0.25, 0.3) is 6.08 Å². The Labute approximate surface area is 160 Å². The van der Waals surface area contributed by atoms with Gasteiger partial charge < -0.3 is 10.1 Å². The summed E-state index contributed by atoms with van der Waals surface area (Å²) in [4.78, 5) is 0.244. The van der Waals surface area contributed by atoms with E-state index >= 15 is 0 Å². The van der Waals surface area contributed by atoms with Crippen molar-refractivity contribution in [2.45, 2.75) is 30.8 Å². The van der Waals surface area contributed by atoms with Gasteiger partial charge in [0.1, 0.15) is 11.9 Å². The highest BCUT2D eigenvalue weighted by molar-refractivity contribution is 7.92. The molecule has 4 rings (SSSR count). The molecule has 142 valence electrons. The fraction of sp³-hybridized carbons (Fsp3) is 0.333. The molecule has 5 nitrogen and oxygen atoms in total. The maximum absolute atomic E-state index is 12.5. The molecular formula is C21H24N2O3S. The van der Waals surface area contributed by atoms with E-state index in [1.807, 2.05) is 18.2 Å². The van der Waals surface area contributed by atoms with Crippen molar-refractivity contribution >= 4 is 21.8 Å². The Bertz CT molecular complexity index is 949. The van der Waals surface area contributed by atoms with Gasteiger partial charge in [0, 0.05) is 16.7 Å². The van der Waals surface area contributed by atoms with Crippen LogP contribution in [0.1, 0.15) is 25.3 Å². The summed E-state index contributed by atoms with van der Waals surface area (Å²) in [7, 11) is -3.60. The zero-order chi connectivity index (χ0) is 18.9. The molecule has 2 heterocycles. The number of sulfonamides is 1. The molecule has 2 aliphatic rings. The van der Waals surface area contributed by atoms with E-state index in [2.05, 4.69) is 23.0 Å². The highest BCUT2D eigenvalue weighted by Crippen LogP contribution is 2.39. The number of hydrogen-bond donors (Lipinski definition) is 2. The second-order valence-electron chi connectivity index (χ2n) is 7.47. The standard InChI is InChI=1S/C21H24N2O3S/c1-21(11-13-22-14-12-21)20-10-7-16-15-17(8-9-19(16)26-20)23-27(24,25)18-5-3-2-4-6-18/h2-10,15,20,22-23H,11-14H2,1H3. The van der Waals surface area contributed by atoms with E-state index in [4.69, 9.17) is 4.74 Å². The van der Waals surface area contributed by atoms with Gasteiger partial charge in [-0.15, -0.1) is 0 Å². The molecule has 1 fully saturated rings. The summed E-state index contributed by atoms with van der Waals surface area (Å²) < 4.78 is 33.9. The minimum absolute atomic E-state index is 0.0407. The van der Waals surface area contributed by atoms with E-state index < -0.39 is 10.0 Å². The minimum Gasteiger partial charge on any atom is -0.485 e. The number of fused-ring (bicyclic) bond motifs is 1.